The SMILES string of the molecule is C1=CNCOC1. The van der Waals surface area contributed by atoms with Gasteiger partial charge >= 0.3 is 0 Å². The molecule has 0 saturated heterocycles. The van der Waals surface area contributed by atoms with Gasteiger partial charge < -0.3 is 10.1 Å². The molecule has 0 spiro atoms. The van der Waals surface area contributed by atoms with Crippen molar-refractivity contribution in [2.24, 2.45) is 0 Å². The van der Waals surface area contributed by atoms with Crippen LogP contribution >= 0.6 is 0 Å². The summed E-state index contributed by atoms with van der Waals surface area (Å²) >= 11 is 0. The molecule has 0 atom stereocenters. The van der Waals surface area contributed by atoms with Crippen LogP contribution in [0.3, 0.4) is 0 Å². The molecule has 2 heteroatoms. The Hall–Kier alpha value is -0.500. The van der Waals surface area contributed by atoms with Gasteiger partial charge in [-0.15, -0.1) is 0 Å². The van der Waals surface area contributed by atoms with E-state index < -0.39 is 0 Å². The third-order valence-electron chi connectivity index (χ3n) is 0.635. The predicted octanol–water partition coefficient (Wildman–Crippen LogP) is 0.0774. The van der Waals surface area contributed by atoms with Crippen LogP contribution in [-0.2, 0) is 4.74 Å². The third-order valence-corrected chi connectivity index (χ3v) is 0.635. The smallest absolute Gasteiger partial charge is 0.116 e. The van der Waals surface area contributed by atoms with Gasteiger partial charge in [0.15, 0.2) is 0 Å². The van der Waals surface area contributed by atoms with E-state index in [1.165, 1.54) is 0 Å². The standard InChI is InChI=1S/C4H7NO/c1-2-5-4-6-3-1/h1-2,5H,3-4H2. The van der Waals surface area contributed by atoms with Crippen molar-refractivity contribution in [3.05, 3.63) is 12.3 Å². The molecule has 0 aromatic rings. The number of nitrogens with one attached hydrogen (secondary N) is 1. The number of hydrogen-bond donors (Lipinski definition) is 1. The van der Waals surface area contributed by atoms with Crippen LogP contribution in [0.15, 0.2) is 12.3 Å². The average Bonchev–Trinajstić information content (AvgIpc) is 1.72. The minimum absolute atomic E-state index is 0.663. The average molecular weight is 85.1 g/mol. The first-order chi connectivity index (χ1) is 3.00. The number of rotatable bonds is 0. The fraction of sp³-hybridized carbons (Fsp3) is 0.500. The molecule has 34 valence electrons. The summed E-state index contributed by atoms with van der Waals surface area (Å²) < 4.78 is 4.87. The molecule has 0 saturated carbocycles. The monoisotopic (exact) mass is 85.1 g/mol. The highest BCUT2D eigenvalue weighted by atomic mass is 16.5. The van der Waals surface area contributed by atoms with E-state index in [0.717, 1.165) is 6.61 Å². The summed E-state index contributed by atoms with van der Waals surface area (Å²) in [5.74, 6) is 0. The van der Waals surface area contributed by atoms with E-state index >= 15 is 0 Å². The van der Waals surface area contributed by atoms with Gasteiger partial charge in [0.2, 0.25) is 0 Å². The van der Waals surface area contributed by atoms with Crippen molar-refractivity contribution in [1.82, 2.24) is 5.32 Å². The lowest BCUT2D eigenvalue weighted by atomic mass is 10.6. The lowest BCUT2D eigenvalue weighted by Crippen LogP contribution is -2.15. The highest BCUT2D eigenvalue weighted by Crippen LogP contribution is 1.78. The summed E-state index contributed by atoms with van der Waals surface area (Å²) in [7, 11) is 0. The van der Waals surface area contributed by atoms with Gasteiger partial charge in [-0.05, 0) is 12.3 Å². The molecule has 0 aliphatic carbocycles. The van der Waals surface area contributed by atoms with Gasteiger partial charge in [-0.1, -0.05) is 0 Å². The van der Waals surface area contributed by atoms with Crippen molar-refractivity contribution in [3.8, 4) is 0 Å². The lowest BCUT2D eigenvalue weighted by molar-refractivity contribution is 0.142. The molecule has 6 heavy (non-hydrogen) atoms. The maximum absolute atomic E-state index is 4.87. The summed E-state index contributed by atoms with van der Waals surface area (Å²) in [6, 6.07) is 0. The van der Waals surface area contributed by atoms with E-state index in [1.54, 1.807) is 0 Å². The van der Waals surface area contributed by atoms with Crippen molar-refractivity contribution in [1.29, 1.82) is 0 Å². The third kappa shape index (κ3) is 0.723. The van der Waals surface area contributed by atoms with Crippen LogP contribution in [0.2, 0.25) is 0 Å². The molecule has 0 bridgehead atoms. The molecule has 0 aromatic heterocycles. The van der Waals surface area contributed by atoms with Crippen LogP contribution in [0.1, 0.15) is 0 Å². The van der Waals surface area contributed by atoms with Crippen LogP contribution in [-0.4, -0.2) is 13.3 Å². The zero-order valence-corrected chi connectivity index (χ0v) is 3.48. The summed E-state index contributed by atoms with van der Waals surface area (Å²) in [4.78, 5) is 0. The first kappa shape index (κ1) is 3.68. The molecule has 1 N–H and O–H groups in total. The van der Waals surface area contributed by atoms with Gasteiger partial charge in [0.1, 0.15) is 6.73 Å². The number of hydrogen-bond acceptors (Lipinski definition) is 2. The summed E-state index contributed by atoms with van der Waals surface area (Å²) in [6.45, 7) is 1.42. The quantitative estimate of drug-likeness (QED) is 0.449. The van der Waals surface area contributed by atoms with Crippen molar-refractivity contribution in [2.45, 2.75) is 0 Å². The minimum Gasteiger partial charge on any atom is -0.369 e. The van der Waals surface area contributed by atoms with Crippen molar-refractivity contribution in [2.75, 3.05) is 13.3 Å². The van der Waals surface area contributed by atoms with E-state index in [2.05, 4.69) is 5.32 Å². The van der Waals surface area contributed by atoms with Gasteiger partial charge in [0.25, 0.3) is 0 Å². The maximum atomic E-state index is 4.87. The first-order valence-corrected chi connectivity index (χ1v) is 1.96. The molecule has 0 fully saturated rings. The van der Waals surface area contributed by atoms with Crippen LogP contribution < -0.4 is 5.32 Å². The fourth-order valence-corrected chi connectivity index (χ4v) is 0.365. The summed E-state index contributed by atoms with van der Waals surface area (Å²) in [5.41, 5.74) is 0. The van der Waals surface area contributed by atoms with E-state index in [-0.39, 0.29) is 0 Å². The zero-order chi connectivity index (χ0) is 4.24. The van der Waals surface area contributed by atoms with Gasteiger partial charge in [-0.2, -0.15) is 0 Å². The first-order valence-electron chi connectivity index (χ1n) is 1.96. The Morgan fingerprint density at radius 1 is 1.67 bits per heavy atom. The highest BCUT2D eigenvalue weighted by molar-refractivity contribution is 4.80. The largest absolute Gasteiger partial charge is 0.369 e. The summed E-state index contributed by atoms with van der Waals surface area (Å²) in [6.07, 6.45) is 3.83. The van der Waals surface area contributed by atoms with Crippen LogP contribution in [0.4, 0.5) is 0 Å². The molecule has 0 aromatic carbocycles. The highest BCUT2D eigenvalue weighted by Gasteiger charge is 1.83. The lowest BCUT2D eigenvalue weighted by Gasteiger charge is -2.04. The van der Waals surface area contributed by atoms with Crippen molar-refractivity contribution >= 4 is 0 Å². The molecule has 0 unspecified atom stereocenters. The number of ether oxygens (including phenoxy) is 1. The van der Waals surface area contributed by atoms with Gasteiger partial charge in [-0.3, -0.25) is 0 Å². The fourth-order valence-electron chi connectivity index (χ4n) is 0.365. The Kier molecular flexibility index (Phi) is 1.12. The summed E-state index contributed by atoms with van der Waals surface area (Å²) in [5, 5.41) is 2.88. The van der Waals surface area contributed by atoms with E-state index in [1.807, 2.05) is 12.3 Å². The molecular weight excluding hydrogens is 78.0 g/mol. The Morgan fingerprint density at radius 3 is 2.83 bits per heavy atom. The van der Waals surface area contributed by atoms with Crippen LogP contribution in [0.25, 0.3) is 0 Å². The van der Waals surface area contributed by atoms with E-state index in [0.29, 0.717) is 6.73 Å². The Balaban J connectivity index is 2.26. The molecule has 1 heterocycles. The molecule has 1 aliphatic heterocycles. The molecule has 1 rings (SSSR count). The van der Waals surface area contributed by atoms with E-state index in [9.17, 15) is 0 Å². The van der Waals surface area contributed by atoms with Crippen LogP contribution in [0, 0.1) is 0 Å². The second kappa shape index (κ2) is 1.82. The zero-order valence-electron chi connectivity index (χ0n) is 3.48. The van der Waals surface area contributed by atoms with Crippen LogP contribution in [0.5, 0.6) is 0 Å². The molecule has 1 aliphatic rings. The molecule has 0 radical (unpaired) electrons. The molecule has 0 amide bonds. The normalized spacial score (nSPS) is 20.0. The Bertz CT molecular complexity index is 52.6. The Labute approximate surface area is 36.8 Å². The minimum atomic E-state index is 0.663. The van der Waals surface area contributed by atoms with E-state index in [4.69, 9.17) is 4.74 Å². The predicted molar refractivity (Wildman–Crippen MR) is 23.1 cm³/mol. The van der Waals surface area contributed by atoms with Crippen molar-refractivity contribution in [3.63, 3.8) is 0 Å². The molecule has 2 nitrogen and oxygen atoms in total. The second-order valence-corrected chi connectivity index (χ2v) is 1.12. The molecular formula is C4H7NO. The van der Waals surface area contributed by atoms with Gasteiger partial charge in [0.05, 0.1) is 6.61 Å². The van der Waals surface area contributed by atoms with Gasteiger partial charge in [-0.25, -0.2) is 0 Å². The topological polar surface area (TPSA) is 21.3 Å². The van der Waals surface area contributed by atoms with Crippen molar-refractivity contribution < 1.29 is 4.74 Å². The Morgan fingerprint density at radius 2 is 2.67 bits per heavy atom. The maximum Gasteiger partial charge on any atom is 0.116 e. The second-order valence-electron chi connectivity index (χ2n) is 1.12. The van der Waals surface area contributed by atoms with Gasteiger partial charge in [0, 0.05) is 0 Å².